The van der Waals surface area contributed by atoms with Crippen LogP contribution in [0, 0.1) is 0 Å². The summed E-state index contributed by atoms with van der Waals surface area (Å²) in [6.45, 7) is 8.19. The van der Waals surface area contributed by atoms with Crippen molar-refractivity contribution < 1.29 is 13.2 Å². The number of nitrogens with one attached hydrogen (secondary N) is 1. The molecule has 6 nitrogen and oxygen atoms in total. The summed E-state index contributed by atoms with van der Waals surface area (Å²) in [4.78, 5) is 14.3. The van der Waals surface area contributed by atoms with E-state index in [0.29, 0.717) is 6.42 Å². The van der Waals surface area contributed by atoms with Crippen molar-refractivity contribution in [2.75, 3.05) is 11.4 Å². The Kier molecular flexibility index (Phi) is 4.34. The zero-order valence-electron chi connectivity index (χ0n) is 13.4. The third kappa shape index (κ3) is 3.66. The number of fused-ring (bicyclic) bond motifs is 1. The van der Waals surface area contributed by atoms with Crippen LogP contribution in [0.2, 0.25) is 0 Å². The van der Waals surface area contributed by atoms with Crippen molar-refractivity contribution in [2.45, 2.75) is 50.6 Å². The first-order valence-electron chi connectivity index (χ1n) is 7.22. The van der Waals surface area contributed by atoms with Gasteiger partial charge in [0.05, 0.1) is 11.4 Å². The highest BCUT2D eigenvalue weighted by Gasteiger charge is 2.31. The molecule has 0 unspecified atom stereocenters. The second-order valence-electron chi connectivity index (χ2n) is 6.76. The lowest BCUT2D eigenvalue weighted by Crippen LogP contribution is -2.46. The second-order valence-corrected chi connectivity index (χ2v) is 8.32. The molecule has 1 aromatic carbocycles. The average molecular weight is 325 g/mol. The fraction of sp³-hybridized carbons (Fsp3) is 0.533. The van der Waals surface area contributed by atoms with E-state index in [1.54, 1.807) is 17.0 Å². The molecule has 0 aromatic heterocycles. The number of anilines is 1. The molecule has 22 heavy (non-hydrogen) atoms. The normalized spacial score (nSPS) is 18.4. The highest BCUT2D eigenvalue weighted by atomic mass is 32.2. The molecule has 3 N–H and O–H groups in total. The molecule has 7 heteroatoms. The summed E-state index contributed by atoms with van der Waals surface area (Å²) in [5.74, 6) is -0.0236. The van der Waals surface area contributed by atoms with Crippen molar-refractivity contribution in [1.82, 2.24) is 5.32 Å². The summed E-state index contributed by atoms with van der Waals surface area (Å²) < 4.78 is 22.9. The minimum Gasteiger partial charge on any atom is -0.308 e. The molecule has 0 saturated heterocycles. The molecular formula is C15H23N3O3S. The average Bonchev–Trinajstić information content (AvgIpc) is 2.69. The molecule has 0 saturated carbocycles. The summed E-state index contributed by atoms with van der Waals surface area (Å²) in [5.41, 5.74) is 1.46. The number of hydrogen-bond acceptors (Lipinski definition) is 4. The van der Waals surface area contributed by atoms with E-state index in [1.165, 1.54) is 6.07 Å². The predicted octanol–water partition coefficient (Wildman–Crippen LogP) is 1.000. The highest BCUT2D eigenvalue weighted by molar-refractivity contribution is 7.89. The van der Waals surface area contributed by atoms with Crippen LogP contribution in [-0.4, -0.2) is 32.5 Å². The molecule has 1 heterocycles. The van der Waals surface area contributed by atoms with Crippen LogP contribution in [0.15, 0.2) is 23.1 Å². The summed E-state index contributed by atoms with van der Waals surface area (Å²) >= 11 is 0. The lowest BCUT2D eigenvalue weighted by molar-refractivity contribution is -0.118. The van der Waals surface area contributed by atoms with Crippen molar-refractivity contribution >= 4 is 21.6 Å². The highest BCUT2D eigenvalue weighted by Crippen LogP contribution is 2.33. The largest absolute Gasteiger partial charge is 0.308 e. The van der Waals surface area contributed by atoms with Gasteiger partial charge in [0, 0.05) is 17.3 Å². The van der Waals surface area contributed by atoms with E-state index < -0.39 is 10.0 Å². The summed E-state index contributed by atoms with van der Waals surface area (Å²) in [5, 5.41) is 8.34. The molecule has 1 aromatic rings. The van der Waals surface area contributed by atoms with Gasteiger partial charge in [-0.3, -0.25) is 4.79 Å². The molecule has 1 atom stereocenters. The van der Waals surface area contributed by atoms with Gasteiger partial charge in [-0.05, 0) is 57.9 Å². The Labute approximate surface area is 131 Å². The fourth-order valence-corrected chi connectivity index (χ4v) is 3.15. The van der Waals surface area contributed by atoms with E-state index in [-0.39, 0.29) is 28.9 Å². The summed E-state index contributed by atoms with van der Waals surface area (Å²) in [6.07, 6.45) is 0.625. The van der Waals surface area contributed by atoms with E-state index in [4.69, 9.17) is 5.14 Å². The molecule has 0 bridgehead atoms. The van der Waals surface area contributed by atoms with Crippen molar-refractivity contribution in [1.29, 1.82) is 0 Å². The number of nitrogens with two attached hydrogens (primary N) is 1. The molecule has 1 aliphatic rings. The number of nitrogens with zero attached hydrogens (tertiary/aromatic N) is 1. The smallest absolute Gasteiger partial charge is 0.241 e. The zero-order valence-corrected chi connectivity index (χ0v) is 14.2. The van der Waals surface area contributed by atoms with E-state index >= 15 is 0 Å². The molecule has 0 spiro atoms. The van der Waals surface area contributed by atoms with Crippen LogP contribution in [0.1, 0.15) is 33.3 Å². The van der Waals surface area contributed by atoms with Gasteiger partial charge in [0.25, 0.3) is 0 Å². The molecule has 0 aliphatic carbocycles. The SMILES string of the molecule is C[C@H]1Cc2cc(S(N)(=O)=O)ccc2N1C(=O)CNC(C)(C)C. The fourth-order valence-electron chi connectivity index (χ4n) is 2.59. The van der Waals surface area contributed by atoms with Crippen LogP contribution in [0.4, 0.5) is 5.69 Å². The Bertz CT molecular complexity index is 692. The number of benzene rings is 1. The topological polar surface area (TPSA) is 92.5 Å². The van der Waals surface area contributed by atoms with Gasteiger partial charge < -0.3 is 10.2 Å². The Balaban J connectivity index is 2.26. The maximum absolute atomic E-state index is 12.5. The first kappa shape index (κ1) is 16.9. The van der Waals surface area contributed by atoms with Gasteiger partial charge in [-0.25, -0.2) is 13.6 Å². The predicted molar refractivity (Wildman–Crippen MR) is 86.2 cm³/mol. The van der Waals surface area contributed by atoms with Gasteiger partial charge >= 0.3 is 0 Å². The number of carbonyl (C=O) groups excluding carboxylic acids is 1. The van der Waals surface area contributed by atoms with Crippen molar-refractivity contribution in [3.63, 3.8) is 0 Å². The monoisotopic (exact) mass is 325 g/mol. The lowest BCUT2D eigenvalue weighted by Gasteiger charge is -2.26. The summed E-state index contributed by atoms with van der Waals surface area (Å²) in [6, 6.07) is 4.67. The molecule has 0 fully saturated rings. The van der Waals surface area contributed by atoms with Crippen LogP contribution >= 0.6 is 0 Å². The second kappa shape index (κ2) is 5.64. The van der Waals surface area contributed by atoms with E-state index in [1.807, 2.05) is 27.7 Å². The van der Waals surface area contributed by atoms with Gasteiger partial charge in [0.15, 0.2) is 0 Å². The minimum atomic E-state index is -3.72. The maximum atomic E-state index is 12.5. The Hall–Kier alpha value is -1.44. The van der Waals surface area contributed by atoms with E-state index in [0.717, 1.165) is 11.3 Å². The number of amides is 1. The minimum absolute atomic E-state index is 0.00000283. The van der Waals surface area contributed by atoms with Crippen LogP contribution in [-0.2, 0) is 21.2 Å². The third-order valence-electron chi connectivity index (χ3n) is 3.63. The van der Waals surface area contributed by atoms with Crippen molar-refractivity contribution in [3.8, 4) is 0 Å². The first-order valence-corrected chi connectivity index (χ1v) is 8.76. The van der Waals surface area contributed by atoms with Gasteiger partial charge in [-0.15, -0.1) is 0 Å². The third-order valence-corrected chi connectivity index (χ3v) is 4.54. The quantitative estimate of drug-likeness (QED) is 0.867. The number of rotatable bonds is 3. The van der Waals surface area contributed by atoms with Crippen molar-refractivity contribution in [2.24, 2.45) is 5.14 Å². The van der Waals surface area contributed by atoms with Gasteiger partial charge in [-0.2, -0.15) is 0 Å². The molecule has 1 aliphatic heterocycles. The van der Waals surface area contributed by atoms with Crippen LogP contribution in [0.25, 0.3) is 0 Å². The van der Waals surface area contributed by atoms with E-state index in [9.17, 15) is 13.2 Å². The molecule has 0 radical (unpaired) electrons. The maximum Gasteiger partial charge on any atom is 0.241 e. The molecule has 122 valence electrons. The zero-order chi connectivity index (χ0) is 16.7. The lowest BCUT2D eigenvalue weighted by atomic mass is 10.1. The molecular weight excluding hydrogens is 302 g/mol. The number of sulfonamides is 1. The summed E-state index contributed by atoms with van der Waals surface area (Å²) in [7, 11) is -3.72. The number of hydrogen-bond donors (Lipinski definition) is 2. The van der Waals surface area contributed by atoms with E-state index in [2.05, 4.69) is 5.32 Å². The standard InChI is InChI=1S/C15H23N3O3S/c1-10-7-11-8-12(22(16,20)21)5-6-13(11)18(10)14(19)9-17-15(2,3)4/h5-6,8,10,17H,7,9H2,1-4H3,(H2,16,20,21)/t10-/m0/s1. The van der Waals surface area contributed by atoms with Crippen LogP contribution < -0.4 is 15.4 Å². The Morgan fingerprint density at radius 2 is 2.05 bits per heavy atom. The van der Waals surface area contributed by atoms with Gasteiger partial charge in [-0.1, -0.05) is 0 Å². The number of primary sulfonamides is 1. The molecule has 2 rings (SSSR count). The van der Waals surface area contributed by atoms with Gasteiger partial charge in [0.1, 0.15) is 0 Å². The Morgan fingerprint density at radius 3 is 2.59 bits per heavy atom. The van der Waals surface area contributed by atoms with Crippen molar-refractivity contribution in [3.05, 3.63) is 23.8 Å². The van der Waals surface area contributed by atoms with Crippen LogP contribution in [0.3, 0.4) is 0 Å². The first-order chi connectivity index (χ1) is 9.99. The van der Waals surface area contributed by atoms with Crippen LogP contribution in [0.5, 0.6) is 0 Å². The number of carbonyl (C=O) groups is 1. The molecule has 1 amide bonds. The van der Waals surface area contributed by atoms with Gasteiger partial charge in [0.2, 0.25) is 15.9 Å². The Morgan fingerprint density at radius 1 is 1.41 bits per heavy atom.